The molecule has 4 nitrogen and oxygen atoms in total. The summed E-state index contributed by atoms with van der Waals surface area (Å²) in [7, 11) is 0. The molecule has 0 heterocycles. The molecule has 2 aliphatic rings. The Bertz CT molecular complexity index is 1660. The molecule has 0 aromatic heterocycles. The van der Waals surface area contributed by atoms with E-state index in [4.69, 9.17) is 0 Å². The fourth-order valence-corrected chi connectivity index (χ4v) is 5.87. The average Bonchev–Trinajstić information content (AvgIpc) is 3.03. The molecule has 0 bridgehead atoms. The number of unbranched alkanes of at least 4 members (excludes halogenated alkanes) is 4. The third kappa shape index (κ3) is 5.67. The van der Waals surface area contributed by atoms with Crippen molar-refractivity contribution < 1.29 is 19.2 Å². The van der Waals surface area contributed by atoms with E-state index in [0.29, 0.717) is 44.5 Å². The lowest BCUT2D eigenvalue weighted by Crippen LogP contribution is -2.22. The predicted molar refractivity (Wildman–Crippen MR) is 166 cm³/mol. The van der Waals surface area contributed by atoms with Crippen LogP contribution in [0.2, 0.25) is 0 Å². The normalized spacial score (nSPS) is 13.0. The molecular weight excluding hydrogens is 520 g/mol. The molecule has 4 heteroatoms. The summed E-state index contributed by atoms with van der Waals surface area (Å²) < 4.78 is 0. The van der Waals surface area contributed by atoms with E-state index in [1.54, 1.807) is 48.5 Å². The Hall–Kier alpha value is -4.44. The monoisotopic (exact) mass is 556 g/mol. The number of hydrogen-bond acceptors (Lipinski definition) is 4. The van der Waals surface area contributed by atoms with Crippen LogP contribution < -0.4 is 0 Å². The van der Waals surface area contributed by atoms with E-state index in [-0.39, 0.29) is 23.1 Å². The van der Waals surface area contributed by atoms with Crippen molar-refractivity contribution in [1.29, 1.82) is 0 Å². The van der Waals surface area contributed by atoms with Gasteiger partial charge in [-0.15, -0.1) is 0 Å². The Labute approximate surface area is 247 Å². The molecular formula is C38H36O4. The van der Waals surface area contributed by atoms with Crippen molar-refractivity contribution in [2.24, 2.45) is 0 Å². The largest absolute Gasteiger partial charge is 0.289 e. The van der Waals surface area contributed by atoms with E-state index in [1.165, 1.54) is 12.8 Å². The van der Waals surface area contributed by atoms with Crippen LogP contribution >= 0.6 is 0 Å². The van der Waals surface area contributed by atoms with Crippen LogP contribution in [-0.2, 0) is 12.8 Å². The van der Waals surface area contributed by atoms with Crippen LogP contribution in [0.1, 0.15) is 127 Å². The minimum Gasteiger partial charge on any atom is -0.289 e. The Morgan fingerprint density at radius 3 is 1.50 bits per heavy atom. The molecule has 0 saturated carbocycles. The average molecular weight is 557 g/mol. The van der Waals surface area contributed by atoms with Crippen molar-refractivity contribution in [2.75, 3.05) is 0 Å². The molecule has 4 aromatic carbocycles. The first-order valence-corrected chi connectivity index (χ1v) is 15.1. The van der Waals surface area contributed by atoms with Crippen molar-refractivity contribution in [1.82, 2.24) is 0 Å². The second kappa shape index (κ2) is 13.0. The Kier molecular flexibility index (Phi) is 9.02. The molecule has 0 fully saturated rings. The number of benzene rings is 4. The van der Waals surface area contributed by atoms with Gasteiger partial charge in [-0.05, 0) is 42.9 Å². The standard InChI is InChI=1S/2C19H18O2/c1-2-3-4-8-13-9-7-12-16-17(13)19(21)15-11-6-5-10-14(15)18(16)20;1-2-3-4-7-13-10-11-16-17(12-13)19(21)15-9-6-5-8-14(15)18(16)20/h5-7,9-12H,2-4,8H2,1H3;5-6,8-12H,2-4,7H2,1H3. The Balaban J connectivity index is 0.000000168. The quantitative estimate of drug-likeness (QED) is 0.177. The van der Waals surface area contributed by atoms with Gasteiger partial charge in [0.2, 0.25) is 0 Å². The zero-order valence-corrected chi connectivity index (χ0v) is 24.4. The summed E-state index contributed by atoms with van der Waals surface area (Å²) in [6, 6.07) is 25.5. The molecule has 0 atom stereocenters. The van der Waals surface area contributed by atoms with Crippen molar-refractivity contribution >= 4 is 23.1 Å². The summed E-state index contributed by atoms with van der Waals surface area (Å²) in [6.07, 6.45) is 8.64. The molecule has 2 aliphatic carbocycles. The fourth-order valence-electron chi connectivity index (χ4n) is 5.87. The highest BCUT2D eigenvalue weighted by Crippen LogP contribution is 2.31. The van der Waals surface area contributed by atoms with E-state index in [2.05, 4.69) is 13.8 Å². The lowest BCUT2D eigenvalue weighted by molar-refractivity contribution is 0.0978. The zero-order chi connectivity index (χ0) is 29.6. The minimum absolute atomic E-state index is 0.00713. The SMILES string of the molecule is CCCCCc1ccc2c(c1)C(=O)c1ccccc1C2=O.CCCCCc1cccc2c1C(=O)c1ccccc1C2=O. The van der Waals surface area contributed by atoms with E-state index in [1.807, 2.05) is 36.4 Å². The van der Waals surface area contributed by atoms with Gasteiger partial charge in [-0.3, -0.25) is 19.2 Å². The first-order chi connectivity index (χ1) is 20.5. The van der Waals surface area contributed by atoms with Crippen LogP contribution in [0.15, 0.2) is 84.9 Å². The number of aryl methyl sites for hydroxylation is 2. The summed E-state index contributed by atoms with van der Waals surface area (Å²) in [5.41, 5.74) is 6.56. The molecule has 0 spiro atoms. The number of fused-ring (bicyclic) bond motifs is 4. The number of ketones is 4. The van der Waals surface area contributed by atoms with Gasteiger partial charge in [0.25, 0.3) is 0 Å². The molecule has 0 amide bonds. The van der Waals surface area contributed by atoms with E-state index in [0.717, 1.165) is 49.7 Å². The van der Waals surface area contributed by atoms with Gasteiger partial charge >= 0.3 is 0 Å². The molecule has 0 N–H and O–H groups in total. The van der Waals surface area contributed by atoms with Crippen LogP contribution in [0.3, 0.4) is 0 Å². The summed E-state index contributed by atoms with van der Waals surface area (Å²) in [4.78, 5) is 50.4. The summed E-state index contributed by atoms with van der Waals surface area (Å²) in [5.74, 6) is -0.109. The molecule has 0 saturated heterocycles. The summed E-state index contributed by atoms with van der Waals surface area (Å²) >= 11 is 0. The van der Waals surface area contributed by atoms with Gasteiger partial charge in [0, 0.05) is 44.5 Å². The molecule has 0 aliphatic heterocycles. The maximum atomic E-state index is 12.8. The lowest BCUT2D eigenvalue weighted by Gasteiger charge is -2.20. The highest BCUT2D eigenvalue weighted by molar-refractivity contribution is 6.29. The summed E-state index contributed by atoms with van der Waals surface area (Å²) in [5, 5.41) is 0. The number of carbonyl (C=O) groups is 4. The van der Waals surface area contributed by atoms with Gasteiger partial charge in [0.15, 0.2) is 23.1 Å². The lowest BCUT2D eigenvalue weighted by atomic mass is 9.81. The molecule has 0 radical (unpaired) electrons. The topological polar surface area (TPSA) is 68.3 Å². The van der Waals surface area contributed by atoms with Crippen molar-refractivity contribution in [2.45, 2.75) is 65.2 Å². The van der Waals surface area contributed by atoms with Crippen LogP contribution in [0.5, 0.6) is 0 Å². The van der Waals surface area contributed by atoms with Crippen LogP contribution in [0.25, 0.3) is 0 Å². The van der Waals surface area contributed by atoms with E-state index in [9.17, 15) is 19.2 Å². The second-order valence-electron chi connectivity index (χ2n) is 11.0. The van der Waals surface area contributed by atoms with Gasteiger partial charge in [0.05, 0.1) is 0 Å². The summed E-state index contributed by atoms with van der Waals surface area (Å²) in [6.45, 7) is 4.33. The van der Waals surface area contributed by atoms with E-state index < -0.39 is 0 Å². The fraction of sp³-hybridized carbons (Fsp3) is 0.263. The van der Waals surface area contributed by atoms with Crippen LogP contribution in [0.4, 0.5) is 0 Å². The first-order valence-electron chi connectivity index (χ1n) is 15.1. The second-order valence-corrected chi connectivity index (χ2v) is 11.0. The number of hydrogen-bond donors (Lipinski definition) is 0. The van der Waals surface area contributed by atoms with Gasteiger partial charge in [0.1, 0.15) is 0 Å². The minimum atomic E-state index is -0.0414. The number of carbonyl (C=O) groups excluding carboxylic acids is 4. The molecule has 4 aromatic rings. The predicted octanol–water partition coefficient (Wildman–Crippen LogP) is 8.39. The van der Waals surface area contributed by atoms with Crippen molar-refractivity contribution in [3.63, 3.8) is 0 Å². The highest BCUT2D eigenvalue weighted by atomic mass is 16.1. The van der Waals surface area contributed by atoms with Gasteiger partial charge in [-0.1, -0.05) is 118 Å². The molecule has 42 heavy (non-hydrogen) atoms. The Morgan fingerprint density at radius 1 is 0.429 bits per heavy atom. The maximum absolute atomic E-state index is 12.8. The highest BCUT2D eigenvalue weighted by Gasteiger charge is 2.31. The van der Waals surface area contributed by atoms with Gasteiger partial charge < -0.3 is 0 Å². The van der Waals surface area contributed by atoms with Crippen molar-refractivity contribution in [3.05, 3.63) is 141 Å². The van der Waals surface area contributed by atoms with E-state index >= 15 is 0 Å². The smallest absolute Gasteiger partial charge is 0.194 e. The zero-order valence-electron chi connectivity index (χ0n) is 24.4. The van der Waals surface area contributed by atoms with Crippen LogP contribution in [-0.4, -0.2) is 23.1 Å². The number of rotatable bonds is 8. The Morgan fingerprint density at radius 2 is 0.905 bits per heavy atom. The third-order valence-corrected chi connectivity index (χ3v) is 8.15. The molecule has 6 rings (SSSR count). The van der Waals surface area contributed by atoms with Crippen LogP contribution in [0, 0.1) is 0 Å². The van der Waals surface area contributed by atoms with Gasteiger partial charge in [-0.25, -0.2) is 0 Å². The van der Waals surface area contributed by atoms with Gasteiger partial charge in [-0.2, -0.15) is 0 Å². The molecule has 0 unspecified atom stereocenters. The maximum Gasteiger partial charge on any atom is 0.194 e. The van der Waals surface area contributed by atoms with Crippen molar-refractivity contribution in [3.8, 4) is 0 Å². The third-order valence-electron chi connectivity index (χ3n) is 8.15. The molecule has 212 valence electrons. The first kappa shape index (κ1) is 29.1.